The molecule has 0 radical (unpaired) electrons. The Hall–Kier alpha value is -2.25. The van der Waals surface area contributed by atoms with Gasteiger partial charge >= 0.3 is 0 Å². The van der Waals surface area contributed by atoms with Crippen molar-refractivity contribution in [1.29, 1.82) is 0 Å². The fourth-order valence-corrected chi connectivity index (χ4v) is 3.51. The van der Waals surface area contributed by atoms with Gasteiger partial charge in [-0.25, -0.2) is 0 Å². The number of benzene rings is 3. The minimum Gasteiger partial charge on any atom is -0.471 e. The Morgan fingerprint density at radius 3 is 2.29 bits per heavy atom. The number of hydroxylamine groups is 1. The van der Waals surface area contributed by atoms with Gasteiger partial charge in [-0.15, -0.1) is 17.6 Å². The van der Waals surface area contributed by atoms with Gasteiger partial charge in [0.1, 0.15) is 5.75 Å². The highest BCUT2D eigenvalue weighted by Gasteiger charge is 2.11. The lowest BCUT2D eigenvalue weighted by Gasteiger charge is -2.21. The summed E-state index contributed by atoms with van der Waals surface area (Å²) in [6, 6.07) is 20.0. The van der Waals surface area contributed by atoms with Gasteiger partial charge in [0, 0.05) is 4.90 Å². The number of nitrogens with zero attached hydrogens (tertiary/aromatic N) is 1. The summed E-state index contributed by atoms with van der Waals surface area (Å²) in [5, 5.41) is 3.58. The van der Waals surface area contributed by atoms with E-state index in [0.717, 1.165) is 39.9 Å². The van der Waals surface area contributed by atoms with E-state index in [0.29, 0.717) is 5.92 Å². The average Bonchev–Trinajstić information content (AvgIpc) is 2.72. The van der Waals surface area contributed by atoms with Gasteiger partial charge in [0.2, 0.25) is 0 Å². The molecule has 0 aliphatic rings. The van der Waals surface area contributed by atoms with Crippen LogP contribution in [-0.2, 0) is 9.98 Å². The molecule has 28 heavy (non-hydrogen) atoms. The third-order valence-corrected chi connectivity index (χ3v) is 5.19. The molecule has 148 valence electrons. The number of ether oxygens (including phenoxy) is 1. The van der Waals surface area contributed by atoms with Gasteiger partial charge in [0.25, 0.3) is 0 Å². The normalized spacial score (nSPS) is 11.2. The first-order valence-corrected chi connectivity index (χ1v) is 9.86. The Balaban J connectivity index is 1.72. The van der Waals surface area contributed by atoms with Crippen LogP contribution < -0.4 is 15.7 Å². The van der Waals surface area contributed by atoms with Crippen LogP contribution in [0.3, 0.4) is 0 Å². The van der Waals surface area contributed by atoms with Crippen LogP contribution in [0.15, 0.2) is 65.6 Å². The molecule has 0 saturated carbocycles. The summed E-state index contributed by atoms with van der Waals surface area (Å²) in [6.45, 7) is 4.54. The number of fused-ring (bicyclic) bond motifs is 1. The number of rotatable bonds is 9. The maximum atomic E-state index is 5.86. The molecule has 0 heterocycles. The predicted molar refractivity (Wildman–Crippen MR) is 115 cm³/mol. The molecule has 0 aliphatic heterocycles. The third-order valence-electron chi connectivity index (χ3n) is 4.91. The highest BCUT2D eigenvalue weighted by molar-refractivity contribution is 7.80. The van der Waals surface area contributed by atoms with Crippen molar-refractivity contribution in [2.75, 3.05) is 11.8 Å². The number of anilines is 1. The summed E-state index contributed by atoms with van der Waals surface area (Å²) in [7, 11) is 0. The fraction of sp³-hybridized carbons (Fsp3) is 0.273. The molecule has 0 spiro atoms. The minimum atomic E-state index is 0.123. The van der Waals surface area contributed by atoms with Crippen LogP contribution in [0.5, 0.6) is 5.75 Å². The monoisotopic (exact) mass is 398 g/mol. The van der Waals surface area contributed by atoms with E-state index in [-0.39, 0.29) is 6.73 Å². The summed E-state index contributed by atoms with van der Waals surface area (Å²) in [5.41, 5.74) is 2.09. The van der Waals surface area contributed by atoms with Crippen molar-refractivity contribution in [3.8, 4) is 5.75 Å². The van der Waals surface area contributed by atoms with E-state index in [2.05, 4.69) is 43.6 Å². The summed E-state index contributed by atoms with van der Waals surface area (Å²) in [4.78, 5) is 10.4. The molecule has 3 rings (SSSR count). The summed E-state index contributed by atoms with van der Waals surface area (Å²) < 4.78 is 5.86. The molecule has 0 fully saturated rings. The van der Waals surface area contributed by atoms with E-state index in [9.17, 15) is 0 Å². The maximum absolute atomic E-state index is 5.86. The molecule has 0 bridgehead atoms. The number of hydrogen-bond acceptors (Lipinski definition) is 6. The van der Waals surface area contributed by atoms with Crippen molar-refractivity contribution < 1.29 is 14.7 Å². The van der Waals surface area contributed by atoms with Gasteiger partial charge < -0.3 is 4.74 Å². The molecule has 3 aromatic carbocycles. The molecule has 0 aromatic heterocycles. The molecule has 0 atom stereocenters. The van der Waals surface area contributed by atoms with Gasteiger partial charge in [-0.1, -0.05) is 43.1 Å². The lowest BCUT2D eigenvalue weighted by Crippen LogP contribution is -2.29. The van der Waals surface area contributed by atoms with E-state index in [1.807, 2.05) is 48.5 Å². The van der Waals surface area contributed by atoms with E-state index in [4.69, 9.17) is 15.6 Å². The Bertz CT molecular complexity index is 898. The van der Waals surface area contributed by atoms with Crippen LogP contribution in [0.25, 0.3) is 10.8 Å². The first-order valence-electron chi connectivity index (χ1n) is 9.41. The average molecular weight is 399 g/mol. The van der Waals surface area contributed by atoms with Gasteiger partial charge in [-0.2, -0.15) is 11.0 Å². The zero-order valence-electron chi connectivity index (χ0n) is 16.2. The van der Waals surface area contributed by atoms with Crippen LogP contribution in [0, 0.1) is 0 Å². The fourth-order valence-electron chi connectivity index (χ4n) is 3.30. The Kier molecular flexibility index (Phi) is 7.17. The highest BCUT2D eigenvalue weighted by Crippen LogP contribution is 2.27. The van der Waals surface area contributed by atoms with Crippen LogP contribution in [-0.4, -0.2) is 6.73 Å². The topological polar surface area (TPSA) is 57.0 Å². The van der Waals surface area contributed by atoms with Crippen LogP contribution >= 0.6 is 12.6 Å². The second-order valence-electron chi connectivity index (χ2n) is 6.62. The van der Waals surface area contributed by atoms with E-state index in [1.54, 1.807) is 0 Å². The van der Waals surface area contributed by atoms with Gasteiger partial charge in [-0.05, 0) is 71.5 Å². The summed E-state index contributed by atoms with van der Waals surface area (Å²) >= 11 is 4.37. The van der Waals surface area contributed by atoms with E-state index >= 15 is 0 Å². The molecule has 6 heteroatoms. The van der Waals surface area contributed by atoms with Crippen LogP contribution in [0.1, 0.15) is 38.2 Å². The second-order valence-corrected chi connectivity index (χ2v) is 7.14. The first kappa shape index (κ1) is 20.5. The second kappa shape index (κ2) is 9.80. The van der Waals surface area contributed by atoms with Crippen molar-refractivity contribution in [2.24, 2.45) is 5.90 Å². The molecule has 0 amide bonds. The smallest absolute Gasteiger partial charge is 0.188 e. The maximum Gasteiger partial charge on any atom is 0.188 e. The molecule has 5 nitrogen and oxygen atoms in total. The lowest BCUT2D eigenvalue weighted by atomic mass is 9.94. The zero-order chi connectivity index (χ0) is 19.9. The van der Waals surface area contributed by atoms with Crippen molar-refractivity contribution >= 4 is 29.1 Å². The van der Waals surface area contributed by atoms with Crippen molar-refractivity contribution in [3.63, 3.8) is 0 Å². The number of thiol groups is 1. The Labute approximate surface area is 171 Å². The molecule has 2 N–H and O–H groups in total. The zero-order valence-corrected chi connectivity index (χ0v) is 17.1. The standard InChI is InChI=1S/C22H26N2O3S/c1-3-16(4-2)17-6-10-21(11-7-17)25-15-24(27-26-23)20-9-5-19-14-22(28)12-8-18(19)13-20/h5-14,16,28H,3-4,15,23H2,1-2H3. The van der Waals surface area contributed by atoms with Crippen LogP contribution in [0.2, 0.25) is 0 Å². The van der Waals surface area contributed by atoms with Crippen molar-refractivity contribution in [1.82, 2.24) is 0 Å². The molecule has 0 saturated heterocycles. The third kappa shape index (κ3) is 4.97. The Morgan fingerprint density at radius 1 is 0.929 bits per heavy atom. The first-order chi connectivity index (χ1) is 13.6. The molecule has 3 aromatic rings. The van der Waals surface area contributed by atoms with Crippen molar-refractivity contribution in [3.05, 3.63) is 66.2 Å². The molecular formula is C22H26N2O3S. The minimum absolute atomic E-state index is 0.123. The number of hydrogen-bond donors (Lipinski definition) is 2. The van der Waals surface area contributed by atoms with Gasteiger partial charge in [0.05, 0.1) is 5.69 Å². The highest BCUT2D eigenvalue weighted by atomic mass is 32.1. The molecule has 0 unspecified atom stereocenters. The summed E-state index contributed by atoms with van der Waals surface area (Å²) in [5.74, 6) is 6.45. The number of nitrogens with two attached hydrogens (primary N) is 1. The molecular weight excluding hydrogens is 372 g/mol. The van der Waals surface area contributed by atoms with Crippen LogP contribution in [0.4, 0.5) is 5.69 Å². The molecule has 0 aliphatic carbocycles. The van der Waals surface area contributed by atoms with Gasteiger partial charge in [0.15, 0.2) is 6.73 Å². The quantitative estimate of drug-likeness (QED) is 0.212. The predicted octanol–water partition coefficient (Wildman–Crippen LogP) is 5.61. The van der Waals surface area contributed by atoms with Crippen molar-refractivity contribution in [2.45, 2.75) is 37.5 Å². The lowest BCUT2D eigenvalue weighted by molar-refractivity contribution is -0.313. The SMILES string of the molecule is CCC(CC)c1ccc(OCN(OON)c2ccc3cc(S)ccc3c2)cc1. The Morgan fingerprint density at radius 2 is 1.61 bits per heavy atom. The van der Waals surface area contributed by atoms with E-state index in [1.165, 1.54) is 10.6 Å². The largest absolute Gasteiger partial charge is 0.471 e. The van der Waals surface area contributed by atoms with Gasteiger partial charge in [-0.3, -0.25) is 0 Å². The summed E-state index contributed by atoms with van der Waals surface area (Å²) in [6.07, 6.45) is 2.26. The van der Waals surface area contributed by atoms with E-state index < -0.39 is 0 Å².